The minimum atomic E-state index is 0.476. The third-order valence-corrected chi connectivity index (χ3v) is 15.7. The van der Waals surface area contributed by atoms with E-state index in [1.54, 1.807) is 0 Å². The van der Waals surface area contributed by atoms with E-state index in [0.717, 1.165) is 120 Å². The second kappa shape index (κ2) is 16.3. The lowest BCUT2D eigenvalue weighted by Crippen LogP contribution is -2.13. The number of aromatic nitrogens is 10. The molecule has 0 radical (unpaired) electrons. The summed E-state index contributed by atoms with van der Waals surface area (Å²) in [6, 6.07) is 85.1. The van der Waals surface area contributed by atoms with Crippen molar-refractivity contribution in [2.24, 2.45) is 0 Å². The zero-order valence-corrected chi connectivity index (χ0v) is 41.6. The summed E-state index contributed by atoms with van der Waals surface area (Å²) in [6.07, 6.45) is 0. The molecule has 0 atom stereocenters. The normalized spacial score (nSPS) is 12.1. The summed E-state index contributed by atoms with van der Waals surface area (Å²) in [4.78, 5) is 32.9. The van der Waals surface area contributed by atoms with E-state index < -0.39 is 0 Å². The van der Waals surface area contributed by atoms with Gasteiger partial charge in [-0.05, 0) is 76.1 Å². The fourth-order valence-electron chi connectivity index (χ4n) is 12.2. The lowest BCUT2D eigenvalue weighted by molar-refractivity contribution is 0.848. The van der Waals surface area contributed by atoms with Crippen LogP contribution in [0.4, 0.5) is 0 Å². The minimum absolute atomic E-state index is 0.476. The summed E-state index contributed by atoms with van der Waals surface area (Å²) < 4.78 is 8.80. The standard InChI is InChI=1S/C68H40N10/c1-3-19-43-39-45(35-33-41(43)17-1)63-69-64(46-36-34-42-18-2-4-20-44(42)40-46)71-65(70-63)78-58-31-15-9-25-51(58)52-37-38-60-61(62(52)78)53-26-10-16-32-59(53)77(60)68-73-66(75-54-27-11-5-21-47(54)48-22-6-12-28-55(48)75)72-67(74-68)76-56-29-13-7-23-49(56)50-24-8-14-30-57(50)76/h1-40H. The van der Waals surface area contributed by atoms with Crippen LogP contribution in [0.3, 0.4) is 0 Å². The Kier molecular flexibility index (Phi) is 8.90. The first-order valence-electron chi connectivity index (χ1n) is 26.1. The maximum absolute atomic E-state index is 5.58. The molecule has 10 nitrogen and oxygen atoms in total. The zero-order chi connectivity index (χ0) is 51.0. The van der Waals surface area contributed by atoms with Crippen molar-refractivity contribution in [1.82, 2.24) is 48.2 Å². The van der Waals surface area contributed by atoms with Gasteiger partial charge < -0.3 is 0 Å². The van der Waals surface area contributed by atoms with Gasteiger partial charge in [0.2, 0.25) is 23.8 Å². The Bertz CT molecular complexity index is 5030. The van der Waals surface area contributed by atoms with Gasteiger partial charge in [0.1, 0.15) is 0 Å². The maximum atomic E-state index is 5.58. The zero-order valence-electron chi connectivity index (χ0n) is 41.6. The van der Waals surface area contributed by atoms with Crippen molar-refractivity contribution >= 4 is 109 Å². The molecule has 11 aromatic carbocycles. The van der Waals surface area contributed by atoms with Crippen LogP contribution in [0.5, 0.6) is 0 Å². The molecule has 0 saturated heterocycles. The highest BCUT2D eigenvalue weighted by Crippen LogP contribution is 2.43. The lowest BCUT2D eigenvalue weighted by atomic mass is 10.1. The van der Waals surface area contributed by atoms with E-state index in [0.29, 0.717) is 35.4 Å². The molecular weight excluding hydrogens is 957 g/mol. The second-order valence-electron chi connectivity index (χ2n) is 19.9. The van der Waals surface area contributed by atoms with Crippen LogP contribution in [-0.2, 0) is 0 Å². The average Bonchev–Trinajstić information content (AvgIpc) is 4.35. The smallest absolute Gasteiger partial charge is 0.241 e. The van der Waals surface area contributed by atoms with E-state index in [1.165, 1.54) is 0 Å². The molecule has 17 rings (SSSR count). The second-order valence-corrected chi connectivity index (χ2v) is 19.9. The number of fused-ring (bicyclic) bond motifs is 15. The average molecular weight is 997 g/mol. The molecule has 0 N–H and O–H groups in total. The van der Waals surface area contributed by atoms with Crippen molar-refractivity contribution in [2.75, 3.05) is 0 Å². The molecule has 0 spiro atoms. The van der Waals surface area contributed by atoms with Gasteiger partial charge in [-0.3, -0.25) is 18.3 Å². The molecular formula is C68H40N10. The first kappa shape index (κ1) is 42.5. The highest BCUT2D eigenvalue weighted by atomic mass is 15.3. The van der Waals surface area contributed by atoms with E-state index in [4.69, 9.17) is 29.9 Å². The monoisotopic (exact) mass is 996 g/mol. The third kappa shape index (κ3) is 6.19. The fraction of sp³-hybridized carbons (Fsp3) is 0. The van der Waals surface area contributed by atoms with Gasteiger partial charge in [0.05, 0.1) is 44.1 Å². The molecule has 0 saturated carbocycles. The van der Waals surface area contributed by atoms with Crippen LogP contribution >= 0.6 is 0 Å². The van der Waals surface area contributed by atoms with E-state index >= 15 is 0 Å². The summed E-state index contributed by atoms with van der Waals surface area (Å²) in [6.45, 7) is 0. The van der Waals surface area contributed by atoms with Crippen molar-refractivity contribution < 1.29 is 0 Å². The highest BCUT2D eigenvalue weighted by Gasteiger charge is 2.26. The summed E-state index contributed by atoms with van der Waals surface area (Å²) in [5.74, 6) is 3.15. The molecule has 0 fully saturated rings. The largest absolute Gasteiger partial charge is 0.278 e. The van der Waals surface area contributed by atoms with Gasteiger partial charge in [-0.25, -0.2) is 4.98 Å². The molecule has 0 aliphatic rings. The van der Waals surface area contributed by atoms with Crippen molar-refractivity contribution in [3.63, 3.8) is 0 Å². The van der Waals surface area contributed by atoms with Crippen molar-refractivity contribution in [3.05, 3.63) is 243 Å². The van der Waals surface area contributed by atoms with Gasteiger partial charge in [-0.1, -0.05) is 188 Å². The first-order valence-corrected chi connectivity index (χ1v) is 26.1. The molecule has 17 aromatic rings. The van der Waals surface area contributed by atoms with Gasteiger partial charge in [-0.2, -0.15) is 24.9 Å². The predicted molar refractivity (Wildman–Crippen MR) is 316 cm³/mol. The highest BCUT2D eigenvalue weighted by molar-refractivity contribution is 6.26. The third-order valence-electron chi connectivity index (χ3n) is 15.7. The fourth-order valence-corrected chi connectivity index (χ4v) is 12.2. The predicted octanol–water partition coefficient (Wildman–Crippen LogP) is 16.1. The van der Waals surface area contributed by atoms with Crippen molar-refractivity contribution in [1.29, 1.82) is 0 Å². The Morgan fingerprint density at radius 2 is 0.551 bits per heavy atom. The van der Waals surface area contributed by atoms with Crippen molar-refractivity contribution in [2.45, 2.75) is 0 Å². The molecule has 6 aromatic heterocycles. The van der Waals surface area contributed by atoms with E-state index in [9.17, 15) is 0 Å². The van der Waals surface area contributed by atoms with Crippen molar-refractivity contribution in [3.8, 4) is 46.6 Å². The number of hydrogen-bond donors (Lipinski definition) is 0. The molecule has 0 aliphatic heterocycles. The first-order chi connectivity index (χ1) is 38.7. The molecule has 0 amide bonds. The van der Waals surface area contributed by atoms with Crippen LogP contribution in [0.15, 0.2) is 243 Å². The number of rotatable bonds is 6. The van der Waals surface area contributed by atoms with Crippen LogP contribution < -0.4 is 0 Å². The number of hydrogen-bond acceptors (Lipinski definition) is 6. The molecule has 0 unspecified atom stereocenters. The Morgan fingerprint density at radius 1 is 0.218 bits per heavy atom. The maximum Gasteiger partial charge on any atom is 0.241 e. The molecule has 362 valence electrons. The topological polar surface area (TPSA) is 97.1 Å². The van der Waals surface area contributed by atoms with Gasteiger partial charge in [0.15, 0.2) is 11.6 Å². The van der Waals surface area contributed by atoms with Gasteiger partial charge in [-0.15, -0.1) is 0 Å². The summed E-state index contributed by atoms with van der Waals surface area (Å²) in [7, 11) is 0. The SMILES string of the molecule is c1ccc2cc(-c3nc(-c4ccc5ccccc5c4)nc(-n4c5ccccc5c5ccc6c(c7ccccc7n6-c6nc(-n7c8ccccc8c8ccccc87)nc(-n7c8ccccc8c8ccccc87)n6)c54)n3)ccc2c1. The minimum Gasteiger partial charge on any atom is -0.278 e. The number of nitrogens with zero attached hydrogens (tertiary/aromatic N) is 10. The van der Waals surface area contributed by atoms with Gasteiger partial charge in [0, 0.05) is 54.2 Å². The molecule has 0 bridgehead atoms. The molecule has 10 heteroatoms. The Labute approximate surface area is 444 Å². The number of benzene rings is 11. The molecule has 6 heterocycles. The van der Waals surface area contributed by atoms with E-state index in [2.05, 4.69) is 261 Å². The quantitative estimate of drug-likeness (QED) is 0.165. The number of para-hydroxylation sites is 6. The summed E-state index contributed by atoms with van der Waals surface area (Å²) >= 11 is 0. The van der Waals surface area contributed by atoms with Crippen LogP contribution in [0, 0.1) is 0 Å². The van der Waals surface area contributed by atoms with E-state index in [1.807, 2.05) is 0 Å². The Balaban J connectivity index is 0.979. The van der Waals surface area contributed by atoms with Crippen LogP contribution in [0.2, 0.25) is 0 Å². The van der Waals surface area contributed by atoms with Crippen LogP contribution in [0.1, 0.15) is 0 Å². The van der Waals surface area contributed by atoms with E-state index in [-0.39, 0.29) is 0 Å². The van der Waals surface area contributed by atoms with Gasteiger partial charge in [0.25, 0.3) is 0 Å². The van der Waals surface area contributed by atoms with Gasteiger partial charge >= 0.3 is 0 Å². The molecule has 78 heavy (non-hydrogen) atoms. The van der Waals surface area contributed by atoms with Crippen LogP contribution in [-0.4, -0.2) is 48.2 Å². The Hall–Kier alpha value is -10.8. The summed E-state index contributed by atoms with van der Waals surface area (Å²) in [5.41, 5.74) is 9.59. The summed E-state index contributed by atoms with van der Waals surface area (Å²) in [5, 5.41) is 13.2. The van der Waals surface area contributed by atoms with Crippen LogP contribution in [0.25, 0.3) is 155 Å². The Morgan fingerprint density at radius 3 is 1.00 bits per heavy atom. The lowest BCUT2D eigenvalue weighted by Gasteiger charge is -2.14. The molecule has 0 aliphatic carbocycles.